The van der Waals surface area contributed by atoms with Crippen LogP contribution < -0.4 is 10.6 Å². The van der Waals surface area contributed by atoms with Crippen molar-refractivity contribution in [1.82, 2.24) is 20.8 Å². The number of aryl methyl sites for hydroxylation is 1. The average molecular weight is 376 g/mol. The maximum absolute atomic E-state index is 12.5. The van der Waals surface area contributed by atoms with E-state index in [-0.39, 0.29) is 11.8 Å². The molecule has 2 aromatic rings. The summed E-state index contributed by atoms with van der Waals surface area (Å²) in [6, 6.07) is 1.78. The van der Waals surface area contributed by atoms with Crippen LogP contribution in [0.4, 0.5) is 0 Å². The monoisotopic (exact) mass is 376 g/mol. The standard InChI is InChI=1S/C18H24N4O3S/c1-13-20-17(22-25-13)18(8-3-2-4-9-18)21-15(23)6-5-10-19-16(24)14-7-11-26-12-14/h7,11-12H,2-6,8-10H2,1H3,(H,19,24)(H,21,23). The Bertz CT molecular complexity index is 735. The van der Waals surface area contributed by atoms with E-state index in [1.54, 1.807) is 13.0 Å². The van der Waals surface area contributed by atoms with E-state index in [1.165, 1.54) is 11.3 Å². The van der Waals surface area contributed by atoms with Crippen LogP contribution in [0.3, 0.4) is 0 Å². The first-order valence-corrected chi connectivity index (χ1v) is 9.95. The molecule has 2 N–H and O–H groups in total. The minimum absolute atomic E-state index is 0.0425. The highest BCUT2D eigenvalue weighted by molar-refractivity contribution is 7.08. The maximum atomic E-state index is 12.5. The summed E-state index contributed by atoms with van der Waals surface area (Å²) >= 11 is 1.49. The highest BCUT2D eigenvalue weighted by atomic mass is 32.1. The van der Waals surface area contributed by atoms with Gasteiger partial charge < -0.3 is 15.2 Å². The second-order valence-corrected chi connectivity index (χ2v) is 7.48. The topological polar surface area (TPSA) is 97.1 Å². The summed E-state index contributed by atoms with van der Waals surface area (Å²) in [6.45, 7) is 2.22. The third kappa shape index (κ3) is 4.49. The molecular formula is C18H24N4O3S. The van der Waals surface area contributed by atoms with Crippen molar-refractivity contribution in [2.45, 2.75) is 57.4 Å². The molecule has 1 aliphatic carbocycles. The number of nitrogens with zero attached hydrogens (tertiary/aromatic N) is 2. The number of carbonyl (C=O) groups is 2. The van der Waals surface area contributed by atoms with Gasteiger partial charge >= 0.3 is 0 Å². The molecule has 0 unspecified atom stereocenters. The molecule has 0 bridgehead atoms. The number of rotatable bonds is 7. The molecule has 2 amide bonds. The van der Waals surface area contributed by atoms with E-state index in [9.17, 15) is 9.59 Å². The van der Waals surface area contributed by atoms with E-state index in [4.69, 9.17) is 4.52 Å². The molecule has 140 valence electrons. The third-order valence-corrected chi connectivity index (χ3v) is 5.37. The second-order valence-electron chi connectivity index (χ2n) is 6.70. The molecule has 2 aromatic heterocycles. The first-order valence-electron chi connectivity index (χ1n) is 9.01. The Kier molecular flexibility index (Phi) is 6.03. The number of carbonyl (C=O) groups excluding carboxylic acids is 2. The largest absolute Gasteiger partial charge is 0.352 e. The molecule has 0 radical (unpaired) electrons. The molecule has 1 aliphatic rings. The van der Waals surface area contributed by atoms with Crippen LogP contribution in [0.25, 0.3) is 0 Å². The quantitative estimate of drug-likeness (QED) is 0.724. The van der Waals surface area contributed by atoms with Gasteiger partial charge in [-0.3, -0.25) is 9.59 Å². The Morgan fingerprint density at radius 1 is 1.31 bits per heavy atom. The van der Waals surface area contributed by atoms with E-state index < -0.39 is 5.54 Å². The molecule has 0 atom stereocenters. The van der Waals surface area contributed by atoms with Gasteiger partial charge in [0.05, 0.1) is 0 Å². The second kappa shape index (κ2) is 8.44. The number of aromatic nitrogens is 2. The van der Waals surface area contributed by atoms with Gasteiger partial charge in [0.15, 0.2) is 5.82 Å². The van der Waals surface area contributed by atoms with Gasteiger partial charge in [0.2, 0.25) is 11.8 Å². The number of amides is 2. The van der Waals surface area contributed by atoms with Gasteiger partial charge in [-0.15, -0.1) is 0 Å². The van der Waals surface area contributed by atoms with Crippen molar-refractivity contribution < 1.29 is 14.1 Å². The number of hydrogen-bond acceptors (Lipinski definition) is 6. The summed E-state index contributed by atoms with van der Waals surface area (Å²) in [5.41, 5.74) is 0.139. The van der Waals surface area contributed by atoms with Gasteiger partial charge in [0.25, 0.3) is 5.91 Å². The van der Waals surface area contributed by atoms with Gasteiger partial charge in [-0.1, -0.05) is 24.4 Å². The molecule has 2 heterocycles. The highest BCUT2D eigenvalue weighted by Crippen LogP contribution is 2.35. The Balaban J connectivity index is 1.49. The molecule has 1 saturated carbocycles. The first kappa shape index (κ1) is 18.6. The molecule has 26 heavy (non-hydrogen) atoms. The molecule has 3 rings (SSSR count). The summed E-state index contributed by atoms with van der Waals surface area (Å²) in [5.74, 6) is 0.945. The van der Waals surface area contributed by atoms with Gasteiger partial charge in [-0.25, -0.2) is 0 Å². The van der Waals surface area contributed by atoms with Crippen molar-refractivity contribution in [3.63, 3.8) is 0 Å². The minimum atomic E-state index is -0.521. The first-order chi connectivity index (χ1) is 12.6. The van der Waals surface area contributed by atoms with Crippen molar-refractivity contribution in [2.75, 3.05) is 6.54 Å². The number of nitrogens with one attached hydrogen (secondary N) is 2. The Morgan fingerprint density at radius 2 is 2.12 bits per heavy atom. The predicted octanol–water partition coefficient (Wildman–Crippen LogP) is 2.93. The van der Waals surface area contributed by atoms with Crippen molar-refractivity contribution in [3.8, 4) is 0 Å². The minimum Gasteiger partial charge on any atom is -0.352 e. The Morgan fingerprint density at radius 3 is 2.77 bits per heavy atom. The number of thiophene rings is 1. The van der Waals surface area contributed by atoms with Gasteiger partial charge in [0, 0.05) is 30.8 Å². The molecular weight excluding hydrogens is 352 g/mol. The Hall–Kier alpha value is -2.22. The number of hydrogen-bond donors (Lipinski definition) is 2. The zero-order valence-corrected chi connectivity index (χ0v) is 15.7. The zero-order chi connectivity index (χ0) is 18.4. The van der Waals surface area contributed by atoms with Crippen LogP contribution in [0.2, 0.25) is 0 Å². The van der Waals surface area contributed by atoms with Gasteiger partial charge in [-0.2, -0.15) is 16.3 Å². The molecule has 0 aliphatic heterocycles. The fourth-order valence-electron chi connectivity index (χ4n) is 3.33. The maximum Gasteiger partial charge on any atom is 0.252 e. The van der Waals surface area contributed by atoms with Crippen LogP contribution in [0, 0.1) is 6.92 Å². The van der Waals surface area contributed by atoms with Gasteiger partial charge in [-0.05, 0) is 30.7 Å². The molecule has 7 nitrogen and oxygen atoms in total. The normalized spacial score (nSPS) is 16.2. The third-order valence-electron chi connectivity index (χ3n) is 4.69. The van der Waals surface area contributed by atoms with Crippen LogP contribution in [0.15, 0.2) is 21.3 Å². The van der Waals surface area contributed by atoms with E-state index >= 15 is 0 Å². The lowest BCUT2D eigenvalue weighted by atomic mass is 9.81. The van der Waals surface area contributed by atoms with Crippen LogP contribution >= 0.6 is 11.3 Å². The van der Waals surface area contributed by atoms with Crippen LogP contribution in [0.1, 0.15) is 67.0 Å². The fourth-order valence-corrected chi connectivity index (χ4v) is 3.97. The van der Waals surface area contributed by atoms with Crippen molar-refractivity contribution in [1.29, 1.82) is 0 Å². The molecule has 0 spiro atoms. The lowest BCUT2D eigenvalue weighted by molar-refractivity contribution is -0.123. The van der Waals surface area contributed by atoms with E-state index in [0.29, 0.717) is 36.7 Å². The molecule has 1 fully saturated rings. The van der Waals surface area contributed by atoms with E-state index in [0.717, 1.165) is 32.1 Å². The van der Waals surface area contributed by atoms with Crippen LogP contribution in [0.5, 0.6) is 0 Å². The highest BCUT2D eigenvalue weighted by Gasteiger charge is 2.39. The molecule has 0 saturated heterocycles. The summed E-state index contributed by atoms with van der Waals surface area (Å²) < 4.78 is 5.13. The van der Waals surface area contributed by atoms with Crippen LogP contribution in [-0.2, 0) is 10.3 Å². The molecule has 0 aromatic carbocycles. The van der Waals surface area contributed by atoms with Gasteiger partial charge in [0.1, 0.15) is 5.54 Å². The SMILES string of the molecule is Cc1nc(C2(NC(=O)CCCNC(=O)c3ccsc3)CCCCC2)no1. The lowest BCUT2D eigenvalue weighted by Gasteiger charge is -2.35. The summed E-state index contributed by atoms with van der Waals surface area (Å²) in [6.07, 6.45) is 5.81. The average Bonchev–Trinajstić information content (AvgIpc) is 3.31. The zero-order valence-electron chi connectivity index (χ0n) is 14.9. The van der Waals surface area contributed by atoms with Crippen molar-refractivity contribution in [2.24, 2.45) is 0 Å². The summed E-state index contributed by atoms with van der Waals surface area (Å²) in [7, 11) is 0. The van der Waals surface area contributed by atoms with E-state index in [2.05, 4.69) is 20.8 Å². The summed E-state index contributed by atoms with van der Waals surface area (Å²) in [4.78, 5) is 28.7. The van der Waals surface area contributed by atoms with Crippen molar-refractivity contribution in [3.05, 3.63) is 34.1 Å². The fraction of sp³-hybridized carbons (Fsp3) is 0.556. The Labute approximate surface area is 156 Å². The molecule has 8 heteroatoms. The van der Waals surface area contributed by atoms with Crippen molar-refractivity contribution >= 4 is 23.2 Å². The predicted molar refractivity (Wildman–Crippen MR) is 97.8 cm³/mol. The summed E-state index contributed by atoms with van der Waals surface area (Å²) in [5, 5.41) is 13.7. The van der Waals surface area contributed by atoms with E-state index in [1.807, 2.05) is 10.8 Å². The van der Waals surface area contributed by atoms with Crippen LogP contribution in [-0.4, -0.2) is 28.5 Å². The smallest absolute Gasteiger partial charge is 0.252 e. The lowest BCUT2D eigenvalue weighted by Crippen LogP contribution is -2.48.